The van der Waals surface area contributed by atoms with Crippen molar-refractivity contribution in [2.75, 3.05) is 12.4 Å². The van der Waals surface area contributed by atoms with Crippen molar-refractivity contribution in [2.24, 2.45) is 0 Å². The maximum absolute atomic E-state index is 13.2. The summed E-state index contributed by atoms with van der Waals surface area (Å²) in [5.74, 6) is 1.30. The Balaban J connectivity index is 1.31. The lowest BCUT2D eigenvalue weighted by molar-refractivity contribution is 0.102. The lowest BCUT2D eigenvalue weighted by Gasteiger charge is -2.12. The van der Waals surface area contributed by atoms with Gasteiger partial charge in [0.2, 0.25) is 0 Å². The molecule has 0 unspecified atom stereocenters. The van der Waals surface area contributed by atoms with E-state index in [0.717, 1.165) is 26.6 Å². The van der Waals surface area contributed by atoms with Crippen LogP contribution >= 0.6 is 11.3 Å². The number of carbonyl (C=O) groups excluding carboxylic acids is 1. The number of phenolic OH excluding ortho intramolecular Hbond substituents is 1. The summed E-state index contributed by atoms with van der Waals surface area (Å²) in [6.07, 6.45) is 1.62. The average molecular weight is 508 g/mol. The van der Waals surface area contributed by atoms with Gasteiger partial charge in [-0.15, -0.1) is 0 Å². The van der Waals surface area contributed by atoms with Crippen molar-refractivity contribution in [1.29, 1.82) is 0 Å². The summed E-state index contributed by atoms with van der Waals surface area (Å²) in [5.41, 5.74) is 3.14. The number of hydrogen-bond acceptors (Lipinski definition) is 7. The minimum Gasteiger partial charge on any atom is -0.504 e. The number of carbonyl (C=O) groups is 1. The van der Waals surface area contributed by atoms with Crippen molar-refractivity contribution >= 4 is 54.3 Å². The van der Waals surface area contributed by atoms with Crippen molar-refractivity contribution in [3.63, 3.8) is 0 Å². The van der Waals surface area contributed by atoms with Gasteiger partial charge < -0.3 is 14.6 Å². The molecule has 2 N–H and O–H groups in total. The highest BCUT2D eigenvalue weighted by molar-refractivity contribution is 7.22. The number of nitrogens with zero attached hydrogens (tertiary/aromatic N) is 2. The van der Waals surface area contributed by atoms with E-state index in [2.05, 4.69) is 15.3 Å². The summed E-state index contributed by atoms with van der Waals surface area (Å²) in [6.45, 7) is 2.03. The molecule has 182 valence electrons. The van der Waals surface area contributed by atoms with Gasteiger partial charge in [-0.05, 0) is 65.7 Å². The van der Waals surface area contributed by atoms with Crippen LogP contribution in [0.2, 0.25) is 0 Å². The molecule has 1 amide bonds. The molecule has 0 saturated heterocycles. The van der Waals surface area contributed by atoms with E-state index in [1.807, 2.05) is 55.5 Å². The normalized spacial score (nSPS) is 11.2. The monoisotopic (exact) mass is 507 g/mol. The molecule has 0 saturated carbocycles. The predicted molar refractivity (Wildman–Crippen MR) is 146 cm³/mol. The number of aromatic hydroxyl groups is 1. The van der Waals surface area contributed by atoms with E-state index in [-0.39, 0.29) is 11.7 Å². The van der Waals surface area contributed by atoms with E-state index in [1.165, 1.54) is 18.4 Å². The molecule has 7 nitrogen and oxygen atoms in total. The number of anilines is 1. The Hall–Kier alpha value is -4.69. The first-order valence-corrected chi connectivity index (χ1v) is 12.4. The Morgan fingerprint density at radius 2 is 1.81 bits per heavy atom. The van der Waals surface area contributed by atoms with Gasteiger partial charge >= 0.3 is 0 Å². The fraction of sp³-hybridized carbons (Fsp3) is 0.0690. The van der Waals surface area contributed by atoms with Crippen LogP contribution in [-0.2, 0) is 0 Å². The summed E-state index contributed by atoms with van der Waals surface area (Å²) in [6, 6.07) is 22.1. The van der Waals surface area contributed by atoms with Crippen LogP contribution in [0.3, 0.4) is 0 Å². The largest absolute Gasteiger partial charge is 0.504 e. The topological polar surface area (TPSA) is 93.6 Å². The second-order valence-electron chi connectivity index (χ2n) is 8.54. The highest BCUT2D eigenvalue weighted by Crippen LogP contribution is 2.37. The van der Waals surface area contributed by atoms with Crippen LogP contribution in [0.5, 0.6) is 23.0 Å². The maximum Gasteiger partial charge on any atom is 0.258 e. The minimum absolute atomic E-state index is 0.0112. The molecular weight excluding hydrogens is 486 g/mol. The van der Waals surface area contributed by atoms with Crippen LogP contribution in [-0.4, -0.2) is 28.1 Å². The highest BCUT2D eigenvalue weighted by Gasteiger charge is 2.15. The van der Waals surface area contributed by atoms with Crippen molar-refractivity contribution in [1.82, 2.24) is 9.97 Å². The molecule has 0 fully saturated rings. The smallest absolute Gasteiger partial charge is 0.258 e. The number of phenols is 1. The second kappa shape index (κ2) is 9.07. The average Bonchev–Trinajstić information content (AvgIpc) is 3.32. The van der Waals surface area contributed by atoms with Gasteiger partial charge in [0.05, 0.1) is 22.8 Å². The summed E-state index contributed by atoms with van der Waals surface area (Å²) < 4.78 is 12.5. The van der Waals surface area contributed by atoms with Gasteiger partial charge in [-0.2, -0.15) is 0 Å². The van der Waals surface area contributed by atoms with Crippen LogP contribution in [0.15, 0.2) is 79.0 Å². The van der Waals surface area contributed by atoms with Gasteiger partial charge in [-0.25, -0.2) is 4.98 Å². The number of aryl methyl sites for hydroxylation is 1. The van der Waals surface area contributed by atoms with Crippen LogP contribution in [0, 0.1) is 6.92 Å². The first-order valence-electron chi connectivity index (χ1n) is 11.5. The molecular formula is C29H21N3O4S. The molecule has 6 rings (SSSR count). The van der Waals surface area contributed by atoms with Gasteiger partial charge in [-0.3, -0.25) is 15.1 Å². The zero-order valence-corrected chi connectivity index (χ0v) is 20.8. The fourth-order valence-corrected chi connectivity index (χ4v) is 5.27. The number of nitrogens with one attached hydrogen (secondary N) is 1. The van der Waals surface area contributed by atoms with Gasteiger partial charge in [0.25, 0.3) is 5.91 Å². The van der Waals surface area contributed by atoms with Crippen LogP contribution in [0.1, 0.15) is 15.9 Å². The number of thiazole rings is 1. The van der Waals surface area contributed by atoms with E-state index >= 15 is 0 Å². The van der Waals surface area contributed by atoms with Crippen LogP contribution < -0.4 is 14.8 Å². The summed E-state index contributed by atoms with van der Waals surface area (Å²) in [4.78, 5) is 22.1. The number of rotatable bonds is 5. The molecule has 0 atom stereocenters. The maximum atomic E-state index is 13.2. The van der Waals surface area contributed by atoms with Gasteiger partial charge in [0.1, 0.15) is 11.5 Å². The van der Waals surface area contributed by atoms with Crippen LogP contribution in [0.4, 0.5) is 5.13 Å². The number of methoxy groups -OCH3 is 1. The van der Waals surface area contributed by atoms with Gasteiger partial charge in [-0.1, -0.05) is 35.6 Å². The van der Waals surface area contributed by atoms with Crippen molar-refractivity contribution in [2.45, 2.75) is 6.92 Å². The molecule has 2 heterocycles. The van der Waals surface area contributed by atoms with E-state index < -0.39 is 0 Å². The van der Waals surface area contributed by atoms with Crippen molar-refractivity contribution in [3.8, 4) is 23.0 Å². The summed E-state index contributed by atoms with van der Waals surface area (Å²) in [5, 5.41) is 16.0. The molecule has 0 aliphatic rings. The first kappa shape index (κ1) is 22.8. The number of ether oxygens (including phenoxy) is 2. The van der Waals surface area contributed by atoms with E-state index in [1.54, 1.807) is 30.5 Å². The molecule has 37 heavy (non-hydrogen) atoms. The quantitative estimate of drug-likeness (QED) is 0.259. The fourth-order valence-electron chi connectivity index (χ4n) is 4.34. The zero-order chi connectivity index (χ0) is 25.5. The van der Waals surface area contributed by atoms with E-state index in [9.17, 15) is 9.90 Å². The third-order valence-electron chi connectivity index (χ3n) is 6.16. The second-order valence-corrected chi connectivity index (χ2v) is 9.54. The lowest BCUT2D eigenvalue weighted by atomic mass is 10.0. The number of pyridine rings is 1. The number of aromatic nitrogens is 2. The summed E-state index contributed by atoms with van der Waals surface area (Å²) in [7, 11) is 1.49. The Kier molecular flexibility index (Phi) is 5.58. The Labute approximate surface area is 215 Å². The third-order valence-corrected chi connectivity index (χ3v) is 7.28. The van der Waals surface area contributed by atoms with E-state index in [4.69, 9.17) is 9.47 Å². The number of hydrogen-bond donors (Lipinski definition) is 2. The number of amides is 1. The standard InChI is InChI=1S/C29H21N3O4S/c1-16-5-3-8-22-27(16)37-29(31-22)32-28(34)20-7-4-6-17-13-18(9-10-19(17)20)36-25-11-12-30-23-15-24(33)26(35-2)14-21(23)25/h3-15,33H,1-2H3,(H,31,32,34). The van der Waals surface area contributed by atoms with Gasteiger partial charge in [0.15, 0.2) is 16.6 Å². The minimum atomic E-state index is -0.219. The Bertz CT molecular complexity index is 1830. The Morgan fingerprint density at radius 1 is 0.946 bits per heavy atom. The molecule has 0 aliphatic carbocycles. The first-order chi connectivity index (χ1) is 18.0. The van der Waals surface area contributed by atoms with E-state index in [0.29, 0.717) is 38.8 Å². The SMILES string of the molecule is COc1cc2c(Oc3ccc4c(C(=O)Nc5nc6cccc(C)c6s5)cccc4c3)ccnc2cc1O. The number of benzene rings is 4. The molecule has 6 aromatic rings. The predicted octanol–water partition coefficient (Wildman–Crippen LogP) is 7.06. The third kappa shape index (κ3) is 4.17. The Morgan fingerprint density at radius 3 is 2.65 bits per heavy atom. The molecule has 0 radical (unpaired) electrons. The van der Waals surface area contributed by atoms with Gasteiger partial charge in [0, 0.05) is 23.2 Å². The van der Waals surface area contributed by atoms with Crippen molar-refractivity contribution < 1.29 is 19.4 Å². The lowest BCUT2D eigenvalue weighted by Crippen LogP contribution is -2.12. The molecule has 4 aromatic carbocycles. The molecule has 2 aromatic heterocycles. The molecule has 0 spiro atoms. The van der Waals surface area contributed by atoms with Crippen LogP contribution in [0.25, 0.3) is 31.9 Å². The van der Waals surface area contributed by atoms with Crippen molar-refractivity contribution in [3.05, 3.63) is 90.1 Å². The molecule has 8 heteroatoms. The highest BCUT2D eigenvalue weighted by atomic mass is 32.1. The number of fused-ring (bicyclic) bond motifs is 3. The molecule has 0 bridgehead atoms. The summed E-state index contributed by atoms with van der Waals surface area (Å²) >= 11 is 1.47. The molecule has 0 aliphatic heterocycles. The zero-order valence-electron chi connectivity index (χ0n) is 20.0.